The minimum atomic E-state index is -3.95. The Balaban J connectivity index is 1.77. The smallest absolute Gasteiger partial charge is 0.324 e. The van der Waals surface area contributed by atoms with Gasteiger partial charge < -0.3 is 9.64 Å². The molecule has 1 amide bonds. The predicted molar refractivity (Wildman–Crippen MR) is 109 cm³/mol. The summed E-state index contributed by atoms with van der Waals surface area (Å²) in [5.41, 5.74) is 1.48. The largest absolute Gasteiger partial charge is 0.468 e. The number of nitrogens with one attached hydrogen (secondary N) is 1. The van der Waals surface area contributed by atoms with Gasteiger partial charge in [-0.15, -0.1) is 0 Å². The van der Waals surface area contributed by atoms with Crippen LogP contribution >= 0.6 is 0 Å². The second kappa shape index (κ2) is 9.19. The van der Waals surface area contributed by atoms with E-state index in [0.717, 1.165) is 18.4 Å². The molecule has 8 heteroatoms. The van der Waals surface area contributed by atoms with Gasteiger partial charge in [0.05, 0.1) is 12.0 Å². The summed E-state index contributed by atoms with van der Waals surface area (Å²) in [7, 11) is -2.73. The molecule has 0 saturated carbocycles. The van der Waals surface area contributed by atoms with Crippen LogP contribution in [0.1, 0.15) is 24.8 Å². The fraction of sp³-hybridized carbons (Fsp3) is 0.333. The number of sulfonamides is 1. The van der Waals surface area contributed by atoms with Gasteiger partial charge in [-0.2, -0.15) is 4.72 Å². The molecule has 1 N–H and O–H groups in total. The lowest BCUT2D eigenvalue weighted by Crippen LogP contribution is -2.43. The first-order valence-corrected chi connectivity index (χ1v) is 10.9. The van der Waals surface area contributed by atoms with Crippen LogP contribution in [0.4, 0.5) is 5.69 Å². The lowest BCUT2D eigenvalue weighted by atomic mass is 10.1. The Morgan fingerprint density at radius 1 is 1.10 bits per heavy atom. The van der Waals surface area contributed by atoms with Crippen molar-refractivity contribution in [3.63, 3.8) is 0 Å². The molecule has 0 unspecified atom stereocenters. The monoisotopic (exact) mass is 416 g/mol. The molecular weight excluding hydrogens is 392 g/mol. The van der Waals surface area contributed by atoms with Crippen LogP contribution < -0.4 is 9.62 Å². The van der Waals surface area contributed by atoms with E-state index in [0.29, 0.717) is 18.7 Å². The molecule has 0 spiro atoms. The Bertz CT molecular complexity index is 958. The van der Waals surface area contributed by atoms with E-state index in [1.165, 1.54) is 19.2 Å². The van der Waals surface area contributed by atoms with Gasteiger partial charge in [0.2, 0.25) is 15.9 Å². The molecule has 0 radical (unpaired) electrons. The molecule has 1 atom stereocenters. The van der Waals surface area contributed by atoms with Gasteiger partial charge in [0, 0.05) is 18.7 Å². The molecule has 0 aromatic heterocycles. The summed E-state index contributed by atoms with van der Waals surface area (Å²) in [5, 5.41) is 0. The maximum atomic E-state index is 12.8. The van der Waals surface area contributed by atoms with Crippen LogP contribution in [0.5, 0.6) is 0 Å². The number of ether oxygens (including phenoxy) is 1. The van der Waals surface area contributed by atoms with Gasteiger partial charge >= 0.3 is 5.97 Å². The molecule has 1 aliphatic rings. The third-order valence-electron chi connectivity index (χ3n) is 4.85. The number of esters is 1. The lowest BCUT2D eigenvalue weighted by Gasteiger charge is -2.27. The van der Waals surface area contributed by atoms with Crippen molar-refractivity contribution in [3.8, 4) is 0 Å². The molecule has 154 valence electrons. The minimum absolute atomic E-state index is 0.0210. The van der Waals surface area contributed by atoms with Crippen molar-refractivity contribution >= 4 is 27.6 Å². The highest BCUT2D eigenvalue weighted by atomic mass is 32.2. The maximum Gasteiger partial charge on any atom is 0.324 e. The Morgan fingerprint density at radius 2 is 1.79 bits per heavy atom. The molecule has 1 heterocycles. The summed E-state index contributed by atoms with van der Waals surface area (Å²) in [6, 6.07) is 14.2. The number of carbonyl (C=O) groups excluding carboxylic acids is 2. The summed E-state index contributed by atoms with van der Waals surface area (Å²) < 4.78 is 32.8. The number of anilines is 1. The fourth-order valence-electron chi connectivity index (χ4n) is 3.30. The van der Waals surface area contributed by atoms with Gasteiger partial charge in [-0.05, 0) is 49.1 Å². The highest BCUT2D eigenvalue weighted by molar-refractivity contribution is 7.89. The van der Waals surface area contributed by atoms with E-state index in [-0.39, 0.29) is 17.2 Å². The van der Waals surface area contributed by atoms with E-state index in [4.69, 9.17) is 4.74 Å². The third-order valence-corrected chi connectivity index (χ3v) is 6.34. The standard InChI is InChI=1S/C21H24N2O5S/c1-28-21(25)19(15-16-7-3-2-4-8-16)22-29(26,27)18-12-10-17(11-13-18)23-14-6-5-9-20(23)24/h2-4,7-8,10-13,19,22H,5-6,9,14-15H2,1H3/t19-/m0/s1. The Hall–Kier alpha value is -2.71. The van der Waals surface area contributed by atoms with Gasteiger partial charge in [0.1, 0.15) is 6.04 Å². The van der Waals surface area contributed by atoms with Crippen molar-refractivity contribution in [2.75, 3.05) is 18.6 Å². The zero-order chi connectivity index (χ0) is 20.9. The zero-order valence-corrected chi connectivity index (χ0v) is 17.0. The van der Waals surface area contributed by atoms with E-state index >= 15 is 0 Å². The van der Waals surface area contributed by atoms with Gasteiger partial charge in [0.15, 0.2) is 0 Å². The van der Waals surface area contributed by atoms with Crippen LogP contribution in [0.2, 0.25) is 0 Å². The van der Waals surface area contributed by atoms with Crippen LogP contribution in [0, 0.1) is 0 Å². The molecule has 29 heavy (non-hydrogen) atoms. The van der Waals surface area contributed by atoms with Gasteiger partial charge in [-0.1, -0.05) is 30.3 Å². The number of piperidine rings is 1. The highest BCUT2D eigenvalue weighted by Gasteiger charge is 2.27. The number of rotatable bonds is 7. The number of hydrogen-bond acceptors (Lipinski definition) is 5. The molecule has 2 aromatic carbocycles. The highest BCUT2D eigenvalue weighted by Crippen LogP contribution is 2.23. The molecule has 0 aliphatic carbocycles. The second-order valence-electron chi connectivity index (χ2n) is 6.88. The summed E-state index contributed by atoms with van der Waals surface area (Å²) in [4.78, 5) is 25.9. The first-order valence-electron chi connectivity index (χ1n) is 9.45. The van der Waals surface area contributed by atoms with E-state index in [1.807, 2.05) is 30.3 Å². The predicted octanol–water partition coefficient (Wildman–Crippen LogP) is 2.27. The van der Waals surface area contributed by atoms with Crippen molar-refractivity contribution < 1.29 is 22.7 Å². The normalized spacial score (nSPS) is 15.8. The fourth-order valence-corrected chi connectivity index (χ4v) is 4.49. The third kappa shape index (κ3) is 5.21. The van der Waals surface area contributed by atoms with Crippen LogP contribution in [-0.2, 0) is 30.8 Å². The Morgan fingerprint density at radius 3 is 2.41 bits per heavy atom. The average molecular weight is 416 g/mol. The van der Waals surface area contributed by atoms with Crippen LogP contribution in [-0.4, -0.2) is 40.0 Å². The molecule has 0 bridgehead atoms. The first-order chi connectivity index (χ1) is 13.9. The van der Waals surface area contributed by atoms with Crippen molar-refractivity contribution in [1.29, 1.82) is 0 Å². The molecule has 1 fully saturated rings. The van der Waals surface area contributed by atoms with Gasteiger partial charge in [-0.25, -0.2) is 8.42 Å². The molecule has 3 rings (SSSR count). The summed E-state index contributed by atoms with van der Waals surface area (Å²) in [5.74, 6) is -0.619. The maximum absolute atomic E-state index is 12.8. The topological polar surface area (TPSA) is 92.8 Å². The van der Waals surface area contributed by atoms with E-state index in [1.54, 1.807) is 17.0 Å². The van der Waals surface area contributed by atoms with E-state index < -0.39 is 22.0 Å². The number of benzene rings is 2. The van der Waals surface area contributed by atoms with Crippen LogP contribution in [0.25, 0.3) is 0 Å². The average Bonchev–Trinajstić information content (AvgIpc) is 2.74. The second-order valence-corrected chi connectivity index (χ2v) is 8.60. The minimum Gasteiger partial charge on any atom is -0.468 e. The van der Waals surface area contributed by atoms with E-state index in [9.17, 15) is 18.0 Å². The number of carbonyl (C=O) groups is 2. The van der Waals surface area contributed by atoms with Crippen LogP contribution in [0.15, 0.2) is 59.5 Å². The quantitative estimate of drug-likeness (QED) is 0.699. The van der Waals surface area contributed by atoms with Crippen LogP contribution in [0.3, 0.4) is 0 Å². The molecule has 1 saturated heterocycles. The molecule has 7 nitrogen and oxygen atoms in total. The molecule has 2 aromatic rings. The molecular formula is C21H24N2O5S. The number of methoxy groups -OCH3 is 1. The Labute approximate surface area is 170 Å². The van der Waals surface area contributed by atoms with Crippen molar-refractivity contribution in [2.24, 2.45) is 0 Å². The SMILES string of the molecule is COC(=O)[C@H](Cc1ccccc1)NS(=O)(=O)c1ccc(N2CCCCC2=O)cc1. The Kier molecular flexibility index (Phi) is 6.66. The van der Waals surface area contributed by atoms with Crippen molar-refractivity contribution in [3.05, 3.63) is 60.2 Å². The summed E-state index contributed by atoms with van der Waals surface area (Å²) in [6.07, 6.45) is 2.48. The summed E-state index contributed by atoms with van der Waals surface area (Å²) >= 11 is 0. The molecule has 1 aliphatic heterocycles. The number of hydrogen-bond donors (Lipinski definition) is 1. The summed E-state index contributed by atoms with van der Waals surface area (Å²) in [6.45, 7) is 0.630. The number of nitrogens with zero attached hydrogens (tertiary/aromatic N) is 1. The zero-order valence-electron chi connectivity index (χ0n) is 16.2. The van der Waals surface area contributed by atoms with Gasteiger partial charge in [0.25, 0.3) is 0 Å². The van der Waals surface area contributed by atoms with Gasteiger partial charge in [-0.3, -0.25) is 9.59 Å². The van der Waals surface area contributed by atoms with Crippen molar-refractivity contribution in [2.45, 2.75) is 36.6 Å². The van der Waals surface area contributed by atoms with Crippen molar-refractivity contribution in [1.82, 2.24) is 4.72 Å². The number of amides is 1. The lowest BCUT2D eigenvalue weighted by molar-refractivity contribution is -0.142. The van der Waals surface area contributed by atoms with E-state index in [2.05, 4.69) is 4.72 Å². The first kappa shape index (κ1) is 21.0.